The first kappa shape index (κ1) is 10.9. The van der Waals surface area contributed by atoms with E-state index < -0.39 is 0 Å². The summed E-state index contributed by atoms with van der Waals surface area (Å²) >= 11 is 0. The smallest absolute Gasteiger partial charge is 0.201 e. The molecule has 0 radical (unpaired) electrons. The van der Waals surface area contributed by atoms with Gasteiger partial charge < -0.3 is 4.74 Å². The first-order valence-corrected chi connectivity index (χ1v) is 5.52. The van der Waals surface area contributed by atoms with Crippen molar-refractivity contribution in [3.05, 3.63) is 46.7 Å². The highest BCUT2D eigenvalue weighted by Crippen LogP contribution is 2.33. The lowest BCUT2D eigenvalue weighted by Crippen LogP contribution is -1.95. The normalized spacial score (nSPS) is 19.8. The minimum atomic E-state index is -0.0991. The standard InChI is InChI=1S/C14H16O2/c1-9(2)14-12(15)8-13(16-14)11-6-4-10(3)5-7-11/h4-7,13H,8H2,1-3H3. The Morgan fingerprint density at radius 2 is 1.88 bits per heavy atom. The van der Waals surface area contributed by atoms with E-state index in [1.807, 2.05) is 45.0 Å². The summed E-state index contributed by atoms with van der Waals surface area (Å²) in [5.41, 5.74) is 3.25. The second kappa shape index (κ2) is 4.12. The van der Waals surface area contributed by atoms with Gasteiger partial charge in [-0.3, -0.25) is 4.79 Å². The molecular weight excluding hydrogens is 200 g/mol. The fourth-order valence-corrected chi connectivity index (χ4v) is 1.87. The van der Waals surface area contributed by atoms with Crippen LogP contribution in [0.4, 0.5) is 0 Å². The van der Waals surface area contributed by atoms with Gasteiger partial charge in [-0.25, -0.2) is 0 Å². The first-order chi connectivity index (χ1) is 7.58. The van der Waals surface area contributed by atoms with Gasteiger partial charge in [-0.05, 0) is 31.9 Å². The number of ether oxygens (including phenoxy) is 1. The summed E-state index contributed by atoms with van der Waals surface area (Å²) in [5.74, 6) is 0.663. The molecule has 84 valence electrons. The van der Waals surface area contributed by atoms with E-state index in [9.17, 15) is 4.79 Å². The molecule has 2 heteroatoms. The van der Waals surface area contributed by atoms with Crippen LogP contribution in [0.1, 0.15) is 37.5 Å². The van der Waals surface area contributed by atoms with Crippen molar-refractivity contribution in [1.29, 1.82) is 0 Å². The lowest BCUT2D eigenvalue weighted by atomic mass is 10.0. The van der Waals surface area contributed by atoms with Crippen molar-refractivity contribution in [1.82, 2.24) is 0 Å². The van der Waals surface area contributed by atoms with Gasteiger partial charge in [0.2, 0.25) is 5.78 Å². The van der Waals surface area contributed by atoms with Crippen LogP contribution in [0.15, 0.2) is 35.6 Å². The number of allylic oxidation sites excluding steroid dienone is 2. The lowest BCUT2D eigenvalue weighted by Gasteiger charge is -2.10. The monoisotopic (exact) mass is 216 g/mol. The highest BCUT2D eigenvalue weighted by atomic mass is 16.5. The molecule has 0 saturated carbocycles. The summed E-state index contributed by atoms with van der Waals surface area (Å²) in [7, 11) is 0. The van der Waals surface area contributed by atoms with E-state index >= 15 is 0 Å². The quantitative estimate of drug-likeness (QED) is 0.673. The van der Waals surface area contributed by atoms with Gasteiger partial charge in [-0.2, -0.15) is 0 Å². The molecule has 0 bridgehead atoms. The van der Waals surface area contributed by atoms with Crippen LogP contribution >= 0.6 is 0 Å². The van der Waals surface area contributed by atoms with Gasteiger partial charge in [0.1, 0.15) is 6.10 Å². The summed E-state index contributed by atoms with van der Waals surface area (Å²) in [4.78, 5) is 11.7. The SMILES string of the molecule is CC(C)=C1OC(c2ccc(C)cc2)CC1=O. The molecule has 1 aliphatic heterocycles. The lowest BCUT2D eigenvalue weighted by molar-refractivity contribution is -0.115. The Kier molecular flexibility index (Phi) is 2.82. The van der Waals surface area contributed by atoms with Crippen molar-refractivity contribution >= 4 is 5.78 Å². The molecule has 1 aromatic carbocycles. The number of aryl methyl sites for hydroxylation is 1. The van der Waals surface area contributed by atoms with Crippen molar-refractivity contribution in [3.8, 4) is 0 Å². The Morgan fingerprint density at radius 3 is 2.38 bits per heavy atom. The molecule has 2 rings (SSSR count). The second-order valence-electron chi connectivity index (χ2n) is 4.47. The van der Waals surface area contributed by atoms with E-state index in [1.165, 1.54) is 5.56 Å². The largest absolute Gasteiger partial charge is 0.482 e. The zero-order chi connectivity index (χ0) is 11.7. The fraction of sp³-hybridized carbons (Fsp3) is 0.357. The Hall–Kier alpha value is -1.57. The maximum Gasteiger partial charge on any atom is 0.201 e. The molecule has 16 heavy (non-hydrogen) atoms. The van der Waals surface area contributed by atoms with Gasteiger partial charge in [0.05, 0.1) is 6.42 Å². The maximum absolute atomic E-state index is 11.7. The van der Waals surface area contributed by atoms with Crippen molar-refractivity contribution in [2.75, 3.05) is 0 Å². The molecule has 1 atom stereocenters. The van der Waals surface area contributed by atoms with Gasteiger partial charge in [0.15, 0.2) is 5.76 Å². The molecule has 0 aromatic heterocycles. The van der Waals surface area contributed by atoms with Crippen molar-refractivity contribution < 1.29 is 9.53 Å². The van der Waals surface area contributed by atoms with Crippen molar-refractivity contribution in [2.24, 2.45) is 0 Å². The van der Waals surface area contributed by atoms with Gasteiger partial charge >= 0.3 is 0 Å². The Morgan fingerprint density at radius 1 is 1.25 bits per heavy atom. The molecule has 0 N–H and O–H groups in total. The number of Topliss-reactive ketones (excluding diaryl/α,β-unsaturated/α-hetero) is 1. The van der Waals surface area contributed by atoms with E-state index in [4.69, 9.17) is 4.74 Å². The van der Waals surface area contributed by atoms with Crippen LogP contribution < -0.4 is 0 Å². The van der Waals surface area contributed by atoms with Crippen LogP contribution in [0, 0.1) is 6.92 Å². The third kappa shape index (κ3) is 2.01. The Balaban J connectivity index is 2.24. The zero-order valence-electron chi connectivity index (χ0n) is 9.91. The Labute approximate surface area is 95.9 Å². The van der Waals surface area contributed by atoms with Crippen molar-refractivity contribution in [2.45, 2.75) is 33.3 Å². The molecule has 1 aliphatic rings. The molecule has 0 amide bonds. The van der Waals surface area contributed by atoms with Crippen LogP contribution in [0.3, 0.4) is 0 Å². The van der Waals surface area contributed by atoms with E-state index in [2.05, 4.69) is 0 Å². The molecule has 1 heterocycles. The van der Waals surface area contributed by atoms with E-state index in [1.54, 1.807) is 0 Å². The minimum Gasteiger partial charge on any atom is -0.482 e. The predicted octanol–water partition coefficient (Wildman–Crippen LogP) is 3.32. The zero-order valence-corrected chi connectivity index (χ0v) is 9.91. The number of hydrogen-bond acceptors (Lipinski definition) is 2. The van der Waals surface area contributed by atoms with Crippen LogP contribution in [0.5, 0.6) is 0 Å². The third-order valence-corrected chi connectivity index (χ3v) is 2.79. The van der Waals surface area contributed by atoms with E-state index in [0.717, 1.165) is 11.1 Å². The van der Waals surface area contributed by atoms with Gasteiger partial charge in [-0.15, -0.1) is 0 Å². The average molecular weight is 216 g/mol. The Bertz CT molecular complexity index is 436. The molecule has 1 aromatic rings. The summed E-state index contributed by atoms with van der Waals surface area (Å²) in [6.45, 7) is 5.86. The van der Waals surface area contributed by atoms with Crippen LogP contribution in [-0.4, -0.2) is 5.78 Å². The number of hydrogen-bond donors (Lipinski definition) is 0. The van der Waals surface area contributed by atoms with Gasteiger partial charge in [0.25, 0.3) is 0 Å². The third-order valence-electron chi connectivity index (χ3n) is 2.79. The number of rotatable bonds is 1. The minimum absolute atomic E-state index is 0.0991. The van der Waals surface area contributed by atoms with Crippen molar-refractivity contribution in [3.63, 3.8) is 0 Å². The number of carbonyl (C=O) groups excluding carboxylic acids is 1. The van der Waals surface area contributed by atoms with Crippen LogP contribution in [0.25, 0.3) is 0 Å². The van der Waals surface area contributed by atoms with Crippen LogP contribution in [0.2, 0.25) is 0 Å². The summed E-state index contributed by atoms with van der Waals surface area (Å²) in [6.07, 6.45) is 0.363. The highest BCUT2D eigenvalue weighted by Gasteiger charge is 2.30. The van der Waals surface area contributed by atoms with Crippen LogP contribution in [-0.2, 0) is 9.53 Å². The molecule has 1 saturated heterocycles. The molecular formula is C14H16O2. The first-order valence-electron chi connectivity index (χ1n) is 5.52. The number of carbonyl (C=O) groups is 1. The van der Waals surface area contributed by atoms with E-state index in [0.29, 0.717) is 12.2 Å². The summed E-state index contributed by atoms with van der Waals surface area (Å²) < 4.78 is 5.69. The summed E-state index contributed by atoms with van der Waals surface area (Å²) in [6, 6.07) is 8.15. The van der Waals surface area contributed by atoms with Gasteiger partial charge in [-0.1, -0.05) is 29.8 Å². The second-order valence-corrected chi connectivity index (χ2v) is 4.47. The van der Waals surface area contributed by atoms with Gasteiger partial charge in [0, 0.05) is 0 Å². The molecule has 1 fully saturated rings. The average Bonchev–Trinajstić information content (AvgIpc) is 2.61. The highest BCUT2D eigenvalue weighted by molar-refractivity contribution is 5.96. The summed E-state index contributed by atoms with van der Waals surface area (Å²) in [5, 5.41) is 0. The topological polar surface area (TPSA) is 26.3 Å². The maximum atomic E-state index is 11.7. The molecule has 0 aliphatic carbocycles. The molecule has 2 nitrogen and oxygen atoms in total. The fourth-order valence-electron chi connectivity index (χ4n) is 1.87. The number of benzene rings is 1. The molecule has 0 spiro atoms. The predicted molar refractivity (Wildman–Crippen MR) is 63.0 cm³/mol. The number of ketones is 1. The molecule has 1 unspecified atom stereocenters. The van der Waals surface area contributed by atoms with E-state index in [-0.39, 0.29) is 11.9 Å².